The average Bonchev–Trinajstić information content (AvgIpc) is 2.66. The third kappa shape index (κ3) is 4.17. The van der Waals surface area contributed by atoms with E-state index < -0.39 is 0 Å². The maximum absolute atomic E-state index is 6.54. The second kappa shape index (κ2) is 7.80. The predicted octanol–water partition coefficient (Wildman–Crippen LogP) is 6.94. The van der Waals surface area contributed by atoms with Crippen molar-refractivity contribution in [3.05, 3.63) is 63.1 Å². The Morgan fingerprint density at radius 1 is 0.966 bits per heavy atom. The number of hydrogen-bond donors (Lipinski definition) is 1. The molecule has 4 aliphatic rings. The molecule has 0 radical (unpaired) electrons. The van der Waals surface area contributed by atoms with E-state index in [1.165, 1.54) is 44.1 Å². The van der Waals surface area contributed by atoms with Gasteiger partial charge in [0.05, 0.1) is 5.02 Å². The molecule has 6 rings (SSSR count). The van der Waals surface area contributed by atoms with Gasteiger partial charge in [0.1, 0.15) is 12.4 Å². The summed E-state index contributed by atoms with van der Waals surface area (Å²) in [6.45, 7) is 3.36. The second-order valence-electron chi connectivity index (χ2n) is 9.70. The van der Waals surface area contributed by atoms with Crippen LogP contribution in [0.3, 0.4) is 0 Å². The number of benzene rings is 2. The molecule has 4 fully saturated rings. The van der Waals surface area contributed by atoms with Crippen LogP contribution < -0.4 is 10.1 Å². The molecule has 0 saturated heterocycles. The fraction of sp³-hybridized carbons (Fsp3) is 0.520. The number of ether oxygens (including phenoxy) is 1. The topological polar surface area (TPSA) is 21.3 Å². The van der Waals surface area contributed by atoms with E-state index in [9.17, 15) is 0 Å². The van der Waals surface area contributed by atoms with Crippen molar-refractivity contribution in [3.63, 3.8) is 0 Å². The Labute approximate surface area is 183 Å². The average molecular weight is 430 g/mol. The minimum atomic E-state index is 0.303. The van der Waals surface area contributed by atoms with Gasteiger partial charge in [0.15, 0.2) is 0 Å². The smallest absolute Gasteiger partial charge is 0.142 e. The van der Waals surface area contributed by atoms with Gasteiger partial charge in [0.2, 0.25) is 0 Å². The molecule has 2 aromatic rings. The van der Waals surface area contributed by atoms with Gasteiger partial charge in [-0.2, -0.15) is 0 Å². The van der Waals surface area contributed by atoms with Crippen molar-refractivity contribution in [2.24, 2.45) is 17.8 Å². The van der Waals surface area contributed by atoms with Crippen LogP contribution in [0.2, 0.25) is 10.0 Å². The lowest BCUT2D eigenvalue weighted by Gasteiger charge is -2.57. The first-order valence-electron chi connectivity index (χ1n) is 10.9. The fourth-order valence-electron chi connectivity index (χ4n) is 6.36. The van der Waals surface area contributed by atoms with E-state index in [1.54, 1.807) is 6.07 Å². The van der Waals surface area contributed by atoms with Crippen LogP contribution in [-0.2, 0) is 13.2 Å². The quantitative estimate of drug-likeness (QED) is 0.536. The van der Waals surface area contributed by atoms with E-state index in [1.807, 2.05) is 6.07 Å². The number of hydrogen-bond acceptors (Lipinski definition) is 2. The molecule has 0 aromatic heterocycles. The van der Waals surface area contributed by atoms with E-state index in [2.05, 4.69) is 36.5 Å². The molecule has 4 heteroatoms. The Kier molecular flexibility index (Phi) is 5.30. The van der Waals surface area contributed by atoms with Crippen LogP contribution in [0.15, 0.2) is 36.4 Å². The van der Waals surface area contributed by atoms with Gasteiger partial charge in [-0.3, -0.25) is 0 Å². The summed E-state index contributed by atoms with van der Waals surface area (Å²) in [5.41, 5.74) is 3.75. The van der Waals surface area contributed by atoms with E-state index >= 15 is 0 Å². The number of nitrogens with one attached hydrogen (secondary N) is 1. The van der Waals surface area contributed by atoms with Crippen molar-refractivity contribution in [2.45, 2.75) is 64.1 Å². The maximum atomic E-state index is 6.54. The van der Waals surface area contributed by atoms with Crippen molar-refractivity contribution >= 4 is 23.2 Å². The van der Waals surface area contributed by atoms with Crippen molar-refractivity contribution in [3.8, 4) is 5.75 Å². The zero-order chi connectivity index (χ0) is 20.0. The Hall–Kier alpha value is -1.22. The zero-order valence-corrected chi connectivity index (χ0v) is 18.5. The van der Waals surface area contributed by atoms with Gasteiger partial charge in [-0.15, -0.1) is 0 Å². The van der Waals surface area contributed by atoms with Gasteiger partial charge in [-0.1, -0.05) is 53.0 Å². The fourth-order valence-corrected chi connectivity index (χ4v) is 6.95. The monoisotopic (exact) mass is 429 g/mol. The van der Waals surface area contributed by atoms with Crippen LogP contribution in [0, 0.1) is 24.7 Å². The highest BCUT2D eigenvalue weighted by Gasteiger charge is 2.50. The molecular weight excluding hydrogens is 401 g/mol. The Balaban J connectivity index is 1.32. The molecule has 4 saturated carbocycles. The maximum Gasteiger partial charge on any atom is 0.142 e. The lowest BCUT2D eigenvalue weighted by Crippen LogP contribution is -2.58. The van der Waals surface area contributed by atoms with Crippen molar-refractivity contribution < 1.29 is 4.74 Å². The van der Waals surface area contributed by atoms with E-state index in [0.29, 0.717) is 22.2 Å². The number of rotatable bonds is 6. The standard InChI is InChI=1S/C25H29Cl2NO/c1-16-2-4-17(5-3-16)15-29-24-21(9-22(26)10-23(24)27)14-28-25-11-18-6-19(12-25)8-20(7-18)13-25/h2-5,9-10,18-20,28H,6-8,11-15H2,1H3. The van der Waals surface area contributed by atoms with Gasteiger partial charge in [0, 0.05) is 22.7 Å². The van der Waals surface area contributed by atoms with Crippen LogP contribution in [0.1, 0.15) is 55.2 Å². The lowest BCUT2D eigenvalue weighted by atomic mass is 9.53. The van der Waals surface area contributed by atoms with Gasteiger partial charge >= 0.3 is 0 Å². The van der Waals surface area contributed by atoms with Crippen LogP contribution in [0.4, 0.5) is 0 Å². The molecule has 0 atom stereocenters. The zero-order valence-electron chi connectivity index (χ0n) is 17.0. The Morgan fingerprint density at radius 3 is 2.21 bits per heavy atom. The Bertz CT molecular complexity index is 857. The van der Waals surface area contributed by atoms with Crippen molar-refractivity contribution in [1.29, 1.82) is 0 Å². The van der Waals surface area contributed by atoms with Crippen molar-refractivity contribution in [2.75, 3.05) is 0 Å². The SMILES string of the molecule is Cc1ccc(COc2c(Cl)cc(Cl)cc2CNC23CC4CC(CC(C4)C2)C3)cc1. The summed E-state index contributed by atoms with van der Waals surface area (Å²) < 4.78 is 6.19. The summed E-state index contributed by atoms with van der Waals surface area (Å²) in [6.07, 6.45) is 8.34. The molecule has 2 nitrogen and oxygen atoms in total. The molecule has 1 N–H and O–H groups in total. The highest BCUT2D eigenvalue weighted by molar-refractivity contribution is 6.35. The first-order chi connectivity index (χ1) is 14.0. The summed E-state index contributed by atoms with van der Waals surface area (Å²) in [4.78, 5) is 0. The lowest BCUT2D eigenvalue weighted by molar-refractivity contribution is -0.0206. The van der Waals surface area contributed by atoms with Crippen LogP contribution in [0.5, 0.6) is 5.75 Å². The minimum Gasteiger partial charge on any atom is -0.487 e. The third-order valence-electron chi connectivity index (χ3n) is 7.28. The normalized spacial score (nSPS) is 30.0. The summed E-state index contributed by atoms with van der Waals surface area (Å²) >= 11 is 12.9. The first kappa shape index (κ1) is 19.7. The molecule has 0 heterocycles. The van der Waals surface area contributed by atoms with E-state index in [4.69, 9.17) is 27.9 Å². The molecule has 0 unspecified atom stereocenters. The summed E-state index contributed by atoms with van der Waals surface area (Å²) in [6, 6.07) is 12.2. The molecule has 0 amide bonds. The number of aryl methyl sites for hydroxylation is 1. The van der Waals surface area contributed by atoms with E-state index in [0.717, 1.165) is 41.2 Å². The highest BCUT2D eigenvalue weighted by Crippen LogP contribution is 2.55. The molecule has 4 aliphatic carbocycles. The third-order valence-corrected chi connectivity index (χ3v) is 7.78. The van der Waals surface area contributed by atoms with Crippen LogP contribution in [-0.4, -0.2) is 5.54 Å². The van der Waals surface area contributed by atoms with Gasteiger partial charge in [-0.05, 0) is 80.9 Å². The first-order valence-corrected chi connectivity index (χ1v) is 11.6. The summed E-state index contributed by atoms with van der Waals surface area (Å²) in [5, 5.41) is 5.20. The largest absolute Gasteiger partial charge is 0.487 e. The molecule has 2 aromatic carbocycles. The van der Waals surface area contributed by atoms with Crippen molar-refractivity contribution in [1.82, 2.24) is 5.32 Å². The summed E-state index contributed by atoms with van der Waals surface area (Å²) in [7, 11) is 0. The highest BCUT2D eigenvalue weighted by atomic mass is 35.5. The number of halogens is 2. The van der Waals surface area contributed by atoms with Gasteiger partial charge < -0.3 is 10.1 Å². The molecule has 0 aliphatic heterocycles. The summed E-state index contributed by atoms with van der Waals surface area (Å²) in [5.74, 6) is 3.53. The molecule has 154 valence electrons. The molecule has 4 bridgehead atoms. The van der Waals surface area contributed by atoms with E-state index in [-0.39, 0.29) is 0 Å². The molecule has 0 spiro atoms. The molecular formula is C25H29Cl2NO. The van der Waals surface area contributed by atoms with Gasteiger partial charge in [0.25, 0.3) is 0 Å². The predicted molar refractivity (Wildman–Crippen MR) is 120 cm³/mol. The minimum absolute atomic E-state index is 0.303. The van der Waals surface area contributed by atoms with Crippen LogP contribution >= 0.6 is 23.2 Å². The molecule has 29 heavy (non-hydrogen) atoms. The van der Waals surface area contributed by atoms with Crippen LogP contribution in [0.25, 0.3) is 0 Å². The van der Waals surface area contributed by atoms with Gasteiger partial charge in [-0.25, -0.2) is 0 Å². The second-order valence-corrected chi connectivity index (χ2v) is 10.5. The Morgan fingerprint density at radius 2 is 1.59 bits per heavy atom.